The van der Waals surface area contributed by atoms with Gasteiger partial charge in [0.15, 0.2) is 9.84 Å². The number of halogens is 2. The van der Waals surface area contributed by atoms with E-state index in [0.717, 1.165) is 12.1 Å². The van der Waals surface area contributed by atoms with Crippen LogP contribution in [0.5, 0.6) is 0 Å². The minimum Gasteiger partial charge on any atom is -0.258 e. The van der Waals surface area contributed by atoms with Crippen molar-refractivity contribution >= 4 is 31.5 Å². The molecule has 0 bridgehead atoms. The summed E-state index contributed by atoms with van der Waals surface area (Å²) >= 11 is 3.03. The van der Waals surface area contributed by atoms with E-state index in [1.165, 1.54) is 30.3 Å². The molecule has 0 saturated carbocycles. The standard InChI is InChI=1S/C13H9BrFNO4S/c14-13-9(4-3-6-11(13)16(17)18)8-21(19,20)12-7-2-1-5-10(12)15/h1-7H,8H2. The molecule has 0 amide bonds. The molecule has 0 N–H and O–H groups in total. The molecule has 21 heavy (non-hydrogen) atoms. The van der Waals surface area contributed by atoms with Gasteiger partial charge in [0.25, 0.3) is 5.69 Å². The highest BCUT2D eigenvalue weighted by molar-refractivity contribution is 9.10. The summed E-state index contributed by atoms with van der Waals surface area (Å²) in [4.78, 5) is 9.78. The van der Waals surface area contributed by atoms with Gasteiger partial charge in [0.2, 0.25) is 0 Å². The van der Waals surface area contributed by atoms with Crippen molar-refractivity contribution in [2.24, 2.45) is 0 Å². The number of rotatable bonds is 4. The minimum absolute atomic E-state index is 0.0786. The Bertz CT molecular complexity index is 808. The molecule has 2 aromatic rings. The van der Waals surface area contributed by atoms with Gasteiger partial charge in [0.05, 0.1) is 15.1 Å². The van der Waals surface area contributed by atoms with Crippen LogP contribution in [0.4, 0.5) is 10.1 Å². The highest BCUT2D eigenvalue weighted by Gasteiger charge is 2.23. The van der Waals surface area contributed by atoms with E-state index in [1.54, 1.807) is 0 Å². The predicted molar refractivity (Wildman–Crippen MR) is 78.1 cm³/mol. The number of nitrogens with zero attached hydrogens (tertiary/aromatic N) is 1. The maximum absolute atomic E-state index is 13.6. The third-order valence-corrected chi connectivity index (χ3v) is 5.38. The van der Waals surface area contributed by atoms with E-state index >= 15 is 0 Å². The van der Waals surface area contributed by atoms with E-state index in [9.17, 15) is 22.9 Å². The van der Waals surface area contributed by atoms with Crippen LogP contribution in [-0.2, 0) is 15.6 Å². The second-order valence-electron chi connectivity index (χ2n) is 4.20. The zero-order valence-electron chi connectivity index (χ0n) is 10.5. The molecule has 0 heterocycles. The van der Waals surface area contributed by atoms with Crippen LogP contribution >= 0.6 is 15.9 Å². The monoisotopic (exact) mass is 373 g/mol. The smallest absolute Gasteiger partial charge is 0.258 e. The largest absolute Gasteiger partial charge is 0.283 e. The summed E-state index contributed by atoms with van der Waals surface area (Å²) in [6, 6.07) is 9.09. The molecule has 0 aliphatic carbocycles. The van der Waals surface area contributed by atoms with E-state index < -0.39 is 31.2 Å². The average molecular weight is 374 g/mol. The molecule has 0 saturated heterocycles. The van der Waals surface area contributed by atoms with Gasteiger partial charge in [-0.05, 0) is 33.6 Å². The Morgan fingerprint density at radius 1 is 1.14 bits per heavy atom. The summed E-state index contributed by atoms with van der Waals surface area (Å²) in [5, 5.41) is 10.8. The molecule has 0 atom stereocenters. The van der Waals surface area contributed by atoms with Gasteiger partial charge in [-0.15, -0.1) is 0 Å². The van der Waals surface area contributed by atoms with Crippen LogP contribution in [-0.4, -0.2) is 13.3 Å². The molecule has 0 aliphatic heterocycles. The molecule has 8 heteroatoms. The lowest BCUT2D eigenvalue weighted by Gasteiger charge is -2.07. The van der Waals surface area contributed by atoms with Gasteiger partial charge in [-0.25, -0.2) is 12.8 Å². The first-order valence-corrected chi connectivity index (χ1v) is 8.16. The SMILES string of the molecule is O=[N+]([O-])c1cccc(CS(=O)(=O)c2ccccc2F)c1Br. The first kappa shape index (κ1) is 15.6. The molecule has 0 fully saturated rings. The summed E-state index contributed by atoms with van der Waals surface area (Å²) in [6.45, 7) is 0. The third kappa shape index (κ3) is 3.27. The average Bonchev–Trinajstić information content (AvgIpc) is 2.41. The van der Waals surface area contributed by atoms with Crippen LogP contribution in [0.15, 0.2) is 51.8 Å². The number of nitro benzene ring substituents is 1. The van der Waals surface area contributed by atoms with Gasteiger partial charge in [0, 0.05) is 6.07 Å². The van der Waals surface area contributed by atoms with E-state index in [-0.39, 0.29) is 15.7 Å². The van der Waals surface area contributed by atoms with Gasteiger partial charge < -0.3 is 0 Å². The lowest BCUT2D eigenvalue weighted by Crippen LogP contribution is -2.08. The fraction of sp³-hybridized carbons (Fsp3) is 0.0769. The van der Waals surface area contributed by atoms with E-state index in [0.29, 0.717) is 0 Å². The lowest BCUT2D eigenvalue weighted by molar-refractivity contribution is -0.385. The quantitative estimate of drug-likeness (QED) is 0.607. The molecule has 5 nitrogen and oxygen atoms in total. The van der Waals surface area contributed by atoms with E-state index in [2.05, 4.69) is 15.9 Å². The Kier molecular flexibility index (Phi) is 4.38. The van der Waals surface area contributed by atoms with Crippen LogP contribution in [0.3, 0.4) is 0 Å². The van der Waals surface area contributed by atoms with Gasteiger partial charge in [-0.3, -0.25) is 10.1 Å². The van der Waals surface area contributed by atoms with Crippen LogP contribution < -0.4 is 0 Å². The second kappa shape index (κ2) is 5.90. The Hall–Kier alpha value is -1.80. The van der Waals surface area contributed by atoms with Crippen molar-refractivity contribution in [2.45, 2.75) is 10.6 Å². The summed E-state index contributed by atoms with van der Waals surface area (Å²) in [6.07, 6.45) is 0. The second-order valence-corrected chi connectivity index (χ2v) is 6.95. The summed E-state index contributed by atoms with van der Waals surface area (Å²) in [5.74, 6) is -1.38. The molecule has 0 unspecified atom stereocenters. The van der Waals surface area contributed by atoms with Crippen molar-refractivity contribution in [1.29, 1.82) is 0 Å². The Balaban J connectivity index is 2.45. The molecule has 0 aromatic heterocycles. The number of hydrogen-bond acceptors (Lipinski definition) is 4. The van der Waals surface area contributed by atoms with Crippen LogP contribution in [0.2, 0.25) is 0 Å². The van der Waals surface area contributed by atoms with Gasteiger partial charge >= 0.3 is 0 Å². The molecule has 110 valence electrons. The first-order valence-electron chi connectivity index (χ1n) is 5.72. The Morgan fingerprint density at radius 3 is 2.43 bits per heavy atom. The van der Waals surface area contributed by atoms with E-state index in [1.807, 2.05) is 0 Å². The molecule has 0 aliphatic rings. The van der Waals surface area contributed by atoms with Gasteiger partial charge in [-0.1, -0.05) is 24.3 Å². The van der Waals surface area contributed by atoms with Crippen molar-refractivity contribution in [3.63, 3.8) is 0 Å². The summed E-state index contributed by atoms with van der Waals surface area (Å²) in [7, 11) is -3.94. The number of benzene rings is 2. The van der Waals surface area contributed by atoms with Crippen LogP contribution in [0.25, 0.3) is 0 Å². The topological polar surface area (TPSA) is 77.3 Å². The number of nitro groups is 1. The van der Waals surface area contributed by atoms with Crippen molar-refractivity contribution in [1.82, 2.24) is 0 Å². The first-order chi connectivity index (χ1) is 9.83. The molecule has 0 spiro atoms. The molecular formula is C13H9BrFNO4S. The van der Waals surface area contributed by atoms with Gasteiger partial charge in [-0.2, -0.15) is 0 Å². The minimum atomic E-state index is -3.94. The zero-order valence-corrected chi connectivity index (χ0v) is 12.9. The number of sulfone groups is 1. The zero-order chi connectivity index (χ0) is 15.6. The van der Waals surface area contributed by atoms with Crippen LogP contribution in [0.1, 0.15) is 5.56 Å². The van der Waals surface area contributed by atoms with Crippen molar-refractivity contribution in [3.8, 4) is 0 Å². The number of hydrogen-bond donors (Lipinski definition) is 0. The van der Waals surface area contributed by atoms with Gasteiger partial charge in [0.1, 0.15) is 10.7 Å². The molecular weight excluding hydrogens is 365 g/mol. The predicted octanol–water partition coefficient (Wildman–Crippen LogP) is 3.47. The Morgan fingerprint density at radius 2 is 1.81 bits per heavy atom. The third-order valence-electron chi connectivity index (χ3n) is 2.77. The maximum atomic E-state index is 13.6. The molecule has 0 radical (unpaired) electrons. The molecule has 2 aromatic carbocycles. The van der Waals surface area contributed by atoms with Crippen LogP contribution in [0, 0.1) is 15.9 Å². The highest BCUT2D eigenvalue weighted by atomic mass is 79.9. The van der Waals surface area contributed by atoms with Crippen molar-refractivity contribution in [2.75, 3.05) is 0 Å². The molecule has 2 rings (SSSR count). The maximum Gasteiger partial charge on any atom is 0.283 e. The Labute approximate surface area is 128 Å². The van der Waals surface area contributed by atoms with E-state index in [4.69, 9.17) is 0 Å². The normalized spacial score (nSPS) is 11.3. The highest BCUT2D eigenvalue weighted by Crippen LogP contribution is 2.31. The lowest BCUT2D eigenvalue weighted by atomic mass is 10.2. The summed E-state index contributed by atoms with van der Waals surface area (Å²) < 4.78 is 38.1. The summed E-state index contributed by atoms with van der Waals surface area (Å²) in [5.41, 5.74) is -0.0383. The van der Waals surface area contributed by atoms with Crippen molar-refractivity contribution < 1.29 is 17.7 Å². The fourth-order valence-corrected chi connectivity index (χ4v) is 3.99. The van der Waals surface area contributed by atoms with Crippen molar-refractivity contribution in [3.05, 3.63) is 68.4 Å². The fourth-order valence-electron chi connectivity index (χ4n) is 1.80.